The number of hydrogen-bond donors (Lipinski definition) is 2. The van der Waals surface area contributed by atoms with Crippen molar-refractivity contribution in [2.75, 3.05) is 13.1 Å². The van der Waals surface area contributed by atoms with Crippen LogP contribution in [0.1, 0.15) is 102 Å². The minimum Gasteiger partial charge on any atom is -0.444 e. The summed E-state index contributed by atoms with van der Waals surface area (Å²) in [6.07, 6.45) is 8.43. The molecule has 226 valence electrons. The number of hydrogen-bond acceptors (Lipinski definition) is 6. The lowest BCUT2D eigenvalue weighted by Crippen LogP contribution is -2.36. The van der Waals surface area contributed by atoms with E-state index in [-0.39, 0.29) is 24.3 Å². The van der Waals surface area contributed by atoms with Gasteiger partial charge in [0.2, 0.25) is 0 Å². The molecular formula is C32H44N6O4. The molecule has 2 amide bonds. The van der Waals surface area contributed by atoms with Gasteiger partial charge in [0.25, 0.3) is 0 Å². The Hall–Kier alpha value is -3.82. The van der Waals surface area contributed by atoms with Crippen LogP contribution in [0.5, 0.6) is 0 Å². The Labute approximate surface area is 248 Å². The number of imidazole rings is 2. The molecule has 2 aliphatic rings. The van der Waals surface area contributed by atoms with Gasteiger partial charge >= 0.3 is 12.2 Å². The molecule has 2 N–H and O–H groups in total. The Morgan fingerprint density at radius 2 is 1.31 bits per heavy atom. The summed E-state index contributed by atoms with van der Waals surface area (Å²) in [5, 5.41) is 0. The Morgan fingerprint density at radius 3 is 1.86 bits per heavy atom. The molecule has 2 aliphatic heterocycles. The van der Waals surface area contributed by atoms with E-state index in [1.165, 1.54) is 5.56 Å². The van der Waals surface area contributed by atoms with Gasteiger partial charge < -0.3 is 19.4 Å². The van der Waals surface area contributed by atoms with Crippen LogP contribution in [0, 0.1) is 0 Å². The highest BCUT2D eigenvalue weighted by Crippen LogP contribution is 2.34. The first-order chi connectivity index (χ1) is 19.9. The quantitative estimate of drug-likeness (QED) is 0.336. The number of likely N-dealkylation sites (tertiary alicyclic amines) is 2. The molecule has 10 nitrogen and oxygen atoms in total. The van der Waals surface area contributed by atoms with E-state index in [2.05, 4.69) is 44.2 Å². The maximum absolute atomic E-state index is 12.7. The molecule has 0 spiro atoms. The van der Waals surface area contributed by atoms with Gasteiger partial charge in [-0.25, -0.2) is 19.6 Å². The molecule has 0 unspecified atom stereocenters. The summed E-state index contributed by atoms with van der Waals surface area (Å²) in [6, 6.07) is 8.29. The monoisotopic (exact) mass is 576 g/mol. The average molecular weight is 577 g/mol. The zero-order chi connectivity index (χ0) is 30.1. The van der Waals surface area contributed by atoms with Crippen molar-refractivity contribution >= 4 is 12.2 Å². The van der Waals surface area contributed by atoms with Crippen LogP contribution >= 0.6 is 0 Å². The molecule has 5 rings (SSSR count). The number of carbonyl (C=O) groups excluding carboxylic acids is 2. The highest BCUT2D eigenvalue weighted by atomic mass is 16.6. The SMILES string of the molecule is CC(C)(C)OC(=O)N1CCC[C@H]1c1ncc(CCc2ccc(-c3cnc([C@@H]4CCCN4C(=O)OC(C)(C)C)[nH]3)cc2)[nH]1. The second-order valence-corrected chi connectivity index (χ2v) is 13.3. The summed E-state index contributed by atoms with van der Waals surface area (Å²) in [5.74, 6) is 1.62. The number of benzene rings is 1. The molecule has 1 aromatic carbocycles. The predicted molar refractivity (Wildman–Crippen MR) is 160 cm³/mol. The number of carbonyl (C=O) groups is 2. The maximum atomic E-state index is 12.7. The van der Waals surface area contributed by atoms with E-state index in [1.54, 1.807) is 9.80 Å². The van der Waals surface area contributed by atoms with Crippen LogP contribution in [-0.2, 0) is 22.3 Å². The van der Waals surface area contributed by atoms with Crippen LogP contribution in [0.3, 0.4) is 0 Å². The minimum absolute atomic E-state index is 0.0763. The molecule has 0 bridgehead atoms. The molecule has 2 atom stereocenters. The molecule has 10 heteroatoms. The number of ether oxygens (including phenoxy) is 2. The van der Waals surface area contributed by atoms with E-state index in [0.717, 1.165) is 67.1 Å². The van der Waals surface area contributed by atoms with Gasteiger partial charge in [-0.15, -0.1) is 0 Å². The van der Waals surface area contributed by atoms with Crippen molar-refractivity contribution in [2.45, 2.75) is 103 Å². The van der Waals surface area contributed by atoms with Crippen molar-refractivity contribution in [2.24, 2.45) is 0 Å². The lowest BCUT2D eigenvalue weighted by molar-refractivity contribution is 0.0208. The number of nitrogens with one attached hydrogen (secondary N) is 2. The number of rotatable bonds is 6. The first-order valence-corrected chi connectivity index (χ1v) is 15.0. The molecule has 0 radical (unpaired) electrons. The van der Waals surface area contributed by atoms with Gasteiger partial charge in [-0.05, 0) is 91.2 Å². The van der Waals surface area contributed by atoms with E-state index >= 15 is 0 Å². The van der Waals surface area contributed by atoms with Gasteiger partial charge in [-0.1, -0.05) is 24.3 Å². The van der Waals surface area contributed by atoms with E-state index in [0.29, 0.717) is 13.1 Å². The third-order valence-corrected chi connectivity index (χ3v) is 7.58. The number of amides is 2. The summed E-state index contributed by atoms with van der Waals surface area (Å²) in [4.78, 5) is 45.1. The first kappa shape index (κ1) is 29.7. The van der Waals surface area contributed by atoms with Gasteiger partial charge in [0.05, 0.1) is 24.0 Å². The Kier molecular flexibility index (Phi) is 8.35. The molecule has 2 aromatic heterocycles. The molecule has 4 heterocycles. The second-order valence-electron chi connectivity index (χ2n) is 13.3. The summed E-state index contributed by atoms with van der Waals surface area (Å²) < 4.78 is 11.2. The van der Waals surface area contributed by atoms with Crippen molar-refractivity contribution in [3.05, 3.63) is 59.6 Å². The van der Waals surface area contributed by atoms with Crippen molar-refractivity contribution in [1.29, 1.82) is 0 Å². The molecule has 0 aliphatic carbocycles. The Morgan fingerprint density at radius 1 is 0.786 bits per heavy atom. The summed E-state index contributed by atoms with van der Waals surface area (Å²) in [6.45, 7) is 12.7. The number of nitrogens with zero attached hydrogens (tertiary/aromatic N) is 4. The number of aromatic amines is 2. The summed E-state index contributed by atoms with van der Waals surface area (Å²) in [5.41, 5.74) is 3.20. The molecule has 42 heavy (non-hydrogen) atoms. The van der Waals surface area contributed by atoms with E-state index in [1.807, 2.05) is 53.9 Å². The Balaban J connectivity index is 1.17. The van der Waals surface area contributed by atoms with E-state index in [4.69, 9.17) is 9.47 Å². The van der Waals surface area contributed by atoms with Crippen molar-refractivity contribution < 1.29 is 19.1 Å². The van der Waals surface area contributed by atoms with Gasteiger partial charge in [0.15, 0.2) is 0 Å². The third kappa shape index (κ3) is 7.14. The fourth-order valence-electron chi connectivity index (χ4n) is 5.64. The largest absolute Gasteiger partial charge is 0.444 e. The smallest absolute Gasteiger partial charge is 0.410 e. The van der Waals surface area contributed by atoms with Crippen LogP contribution in [0.4, 0.5) is 9.59 Å². The topological polar surface area (TPSA) is 116 Å². The standard InChI is InChI=1S/C32H44N6O4/c1-31(2,3)41-29(39)37-17-7-9-25(37)27-33-19-23(35-27)16-13-21-11-14-22(15-12-21)24-20-34-28(36-24)26-10-8-18-38(26)30(40)42-32(4,5)6/h11-12,14-15,19-20,25-26H,7-10,13,16-18H2,1-6H3,(H,33,35)(H,34,36)/t25-,26-/m0/s1. The lowest BCUT2D eigenvalue weighted by atomic mass is 10.1. The minimum atomic E-state index is -0.529. The van der Waals surface area contributed by atoms with Gasteiger partial charge in [-0.3, -0.25) is 9.80 Å². The zero-order valence-electron chi connectivity index (χ0n) is 25.7. The van der Waals surface area contributed by atoms with E-state index < -0.39 is 11.2 Å². The highest BCUT2D eigenvalue weighted by Gasteiger charge is 2.36. The third-order valence-electron chi connectivity index (χ3n) is 7.58. The number of aromatic nitrogens is 4. The van der Waals surface area contributed by atoms with Gasteiger partial charge in [-0.2, -0.15) is 0 Å². The predicted octanol–water partition coefficient (Wildman–Crippen LogP) is 6.73. The van der Waals surface area contributed by atoms with E-state index in [9.17, 15) is 9.59 Å². The molecule has 2 fully saturated rings. The lowest BCUT2D eigenvalue weighted by Gasteiger charge is -2.27. The highest BCUT2D eigenvalue weighted by molar-refractivity contribution is 5.69. The van der Waals surface area contributed by atoms with Crippen molar-refractivity contribution in [3.63, 3.8) is 0 Å². The van der Waals surface area contributed by atoms with Crippen LogP contribution in [0.25, 0.3) is 11.3 Å². The molecule has 3 aromatic rings. The Bertz CT molecular complexity index is 1380. The van der Waals surface area contributed by atoms with Crippen LogP contribution < -0.4 is 0 Å². The van der Waals surface area contributed by atoms with Gasteiger partial charge in [0.1, 0.15) is 22.9 Å². The molecule has 2 saturated heterocycles. The fraction of sp³-hybridized carbons (Fsp3) is 0.562. The van der Waals surface area contributed by atoms with Crippen molar-refractivity contribution in [1.82, 2.24) is 29.7 Å². The van der Waals surface area contributed by atoms with Crippen LogP contribution in [0.15, 0.2) is 36.7 Å². The van der Waals surface area contributed by atoms with Crippen LogP contribution in [-0.4, -0.2) is 66.2 Å². The zero-order valence-corrected chi connectivity index (χ0v) is 25.7. The van der Waals surface area contributed by atoms with Crippen molar-refractivity contribution in [3.8, 4) is 11.3 Å². The summed E-state index contributed by atoms with van der Waals surface area (Å²) in [7, 11) is 0. The number of aryl methyl sites for hydroxylation is 2. The molecular weight excluding hydrogens is 532 g/mol. The maximum Gasteiger partial charge on any atom is 0.410 e. The average Bonchev–Trinajstić information content (AvgIpc) is 3.71. The fourth-order valence-corrected chi connectivity index (χ4v) is 5.64. The van der Waals surface area contributed by atoms with Crippen LogP contribution in [0.2, 0.25) is 0 Å². The summed E-state index contributed by atoms with van der Waals surface area (Å²) >= 11 is 0. The second kappa shape index (κ2) is 11.8. The molecule has 0 saturated carbocycles. The van der Waals surface area contributed by atoms with Gasteiger partial charge in [0, 0.05) is 25.0 Å². The number of H-pyrrole nitrogens is 2. The normalized spacial score (nSPS) is 19.4. The first-order valence-electron chi connectivity index (χ1n) is 15.0.